The third kappa shape index (κ3) is 2.19. The Morgan fingerprint density at radius 3 is 2.92 bits per heavy atom. The van der Waals surface area contributed by atoms with Crippen molar-refractivity contribution >= 4 is 5.78 Å². The molecule has 1 aromatic heterocycles. The normalized spacial score (nSPS) is 10.2. The van der Waals surface area contributed by atoms with Gasteiger partial charge < -0.3 is 4.57 Å². The summed E-state index contributed by atoms with van der Waals surface area (Å²) in [7, 11) is 1.94. The first-order chi connectivity index (χ1) is 5.74. The van der Waals surface area contributed by atoms with E-state index in [9.17, 15) is 4.79 Å². The first kappa shape index (κ1) is 8.97. The molecule has 0 aliphatic carbocycles. The maximum atomic E-state index is 11.0. The second-order valence-electron chi connectivity index (χ2n) is 2.85. The summed E-state index contributed by atoms with van der Waals surface area (Å²) in [6.07, 6.45) is 5.65. The number of hydrogen-bond donors (Lipinski definition) is 0. The van der Waals surface area contributed by atoms with E-state index in [2.05, 4.69) is 4.98 Å². The van der Waals surface area contributed by atoms with Gasteiger partial charge in [-0.1, -0.05) is 6.92 Å². The topological polar surface area (TPSA) is 34.9 Å². The van der Waals surface area contributed by atoms with Crippen LogP contribution in [0.1, 0.15) is 25.6 Å². The van der Waals surface area contributed by atoms with E-state index in [1.54, 1.807) is 6.20 Å². The fraction of sp³-hybridized carbons (Fsp3) is 0.556. The van der Waals surface area contributed by atoms with E-state index in [0.717, 1.165) is 12.2 Å². The molecule has 0 radical (unpaired) electrons. The molecule has 0 saturated heterocycles. The van der Waals surface area contributed by atoms with Gasteiger partial charge >= 0.3 is 0 Å². The van der Waals surface area contributed by atoms with Crippen molar-refractivity contribution < 1.29 is 4.79 Å². The molecule has 0 spiro atoms. The predicted octanol–water partition coefficient (Wildman–Crippen LogP) is 1.33. The van der Waals surface area contributed by atoms with Crippen LogP contribution >= 0.6 is 0 Å². The van der Waals surface area contributed by atoms with Crippen molar-refractivity contribution in [2.75, 3.05) is 0 Å². The van der Waals surface area contributed by atoms with Crippen LogP contribution in [0.15, 0.2) is 12.4 Å². The SMILES string of the molecule is CCC(=O)CCc1nccn1C. The van der Waals surface area contributed by atoms with Gasteiger partial charge in [0, 0.05) is 38.7 Å². The van der Waals surface area contributed by atoms with Gasteiger partial charge in [-0.15, -0.1) is 0 Å². The number of nitrogens with zero attached hydrogens (tertiary/aromatic N) is 2. The molecule has 12 heavy (non-hydrogen) atoms. The number of rotatable bonds is 4. The fourth-order valence-electron chi connectivity index (χ4n) is 1.07. The van der Waals surface area contributed by atoms with Gasteiger partial charge in [0.05, 0.1) is 0 Å². The quantitative estimate of drug-likeness (QED) is 0.676. The van der Waals surface area contributed by atoms with Crippen LogP contribution in [0.4, 0.5) is 0 Å². The number of carbonyl (C=O) groups excluding carboxylic acids is 1. The maximum absolute atomic E-state index is 11.0. The summed E-state index contributed by atoms with van der Waals surface area (Å²) in [5.41, 5.74) is 0. The molecule has 0 amide bonds. The van der Waals surface area contributed by atoms with Crippen LogP contribution in [0.25, 0.3) is 0 Å². The average Bonchev–Trinajstić information content (AvgIpc) is 2.47. The van der Waals surface area contributed by atoms with Crippen LogP contribution in [0.2, 0.25) is 0 Å². The lowest BCUT2D eigenvalue weighted by molar-refractivity contribution is -0.118. The van der Waals surface area contributed by atoms with E-state index >= 15 is 0 Å². The van der Waals surface area contributed by atoms with Crippen molar-refractivity contribution in [1.82, 2.24) is 9.55 Å². The highest BCUT2D eigenvalue weighted by atomic mass is 16.1. The molecule has 0 fully saturated rings. The molecule has 3 nitrogen and oxygen atoms in total. The van der Waals surface area contributed by atoms with Crippen molar-refractivity contribution in [1.29, 1.82) is 0 Å². The minimum absolute atomic E-state index is 0.304. The number of ketones is 1. The smallest absolute Gasteiger partial charge is 0.133 e. The summed E-state index contributed by atoms with van der Waals surface area (Å²) in [4.78, 5) is 15.1. The van der Waals surface area contributed by atoms with Crippen LogP contribution in [0, 0.1) is 0 Å². The molecule has 0 aromatic carbocycles. The average molecular weight is 166 g/mol. The Morgan fingerprint density at radius 1 is 1.67 bits per heavy atom. The van der Waals surface area contributed by atoms with Gasteiger partial charge in [-0.25, -0.2) is 4.98 Å². The molecule has 0 saturated carbocycles. The zero-order chi connectivity index (χ0) is 8.97. The first-order valence-corrected chi connectivity index (χ1v) is 4.22. The van der Waals surface area contributed by atoms with Crippen molar-refractivity contribution in [2.24, 2.45) is 7.05 Å². The summed E-state index contributed by atoms with van der Waals surface area (Å²) < 4.78 is 1.95. The Balaban J connectivity index is 2.43. The lowest BCUT2D eigenvalue weighted by Gasteiger charge is -1.99. The second-order valence-corrected chi connectivity index (χ2v) is 2.85. The molecule has 66 valence electrons. The zero-order valence-electron chi connectivity index (χ0n) is 7.58. The van der Waals surface area contributed by atoms with E-state index < -0.39 is 0 Å². The third-order valence-electron chi connectivity index (χ3n) is 1.94. The molecular formula is C9H14N2O. The minimum Gasteiger partial charge on any atom is -0.338 e. The molecule has 1 heterocycles. The number of aromatic nitrogens is 2. The Labute approximate surface area is 72.4 Å². The molecule has 0 unspecified atom stereocenters. The highest BCUT2D eigenvalue weighted by Gasteiger charge is 2.02. The molecule has 1 rings (SSSR count). The van der Waals surface area contributed by atoms with E-state index in [-0.39, 0.29) is 0 Å². The van der Waals surface area contributed by atoms with Crippen molar-refractivity contribution in [3.8, 4) is 0 Å². The second kappa shape index (κ2) is 4.04. The van der Waals surface area contributed by atoms with Gasteiger partial charge in [0.25, 0.3) is 0 Å². The molecule has 0 atom stereocenters. The molecule has 0 bridgehead atoms. The van der Waals surface area contributed by atoms with E-state index in [1.165, 1.54) is 0 Å². The Hall–Kier alpha value is -1.12. The van der Waals surface area contributed by atoms with Crippen molar-refractivity contribution in [2.45, 2.75) is 26.2 Å². The number of carbonyl (C=O) groups is 1. The molecule has 3 heteroatoms. The molecule has 0 aliphatic heterocycles. The maximum Gasteiger partial charge on any atom is 0.133 e. The van der Waals surface area contributed by atoms with E-state index in [4.69, 9.17) is 0 Å². The highest BCUT2D eigenvalue weighted by Crippen LogP contribution is 2.00. The number of aryl methyl sites for hydroxylation is 2. The van der Waals surface area contributed by atoms with Gasteiger partial charge in [-0.3, -0.25) is 4.79 Å². The van der Waals surface area contributed by atoms with Crippen LogP contribution < -0.4 is 0 Å². The number of hydrogen-bond acceptors (Lipinski definition) is 2. The van der Waals surface area contributed by atoms with Gasteiger partial charge in [0.2, 0.25) is 0 Å². The standard InChI is InChI=1S/C9H14N2O/c1-3-8(12)4-5-9-10-6-7-11(9)2/h6-7H,3-5H2,1-2H3. The largest absolute Gasteiger partial charge is 0.338 e. The molecule has 0 aliphatic rings. The summed E-state index contributed by atoms with van der Waals surface area (Å²) in [5.74, 6) is 1.29. The summed E-state index contributed by atoms with van der Waals surface area (Å²) in [5, 5.41) is 0. The van der Waals surface area contributed by atoms with Gasteiger partial charge in [0.15, 0.2) is 0 Å². The number of Topliss-reactive ketones (excluding diaryl/α,β-unsaturated/α-hetero) is 1. The van der Waals surface area contributed by atoms with Crippen LogP contribution in [-0.4, -0.2) is 15.3 Å². The fourth-order valence-corrected chi connectivity index (χ4v) is 1.07. The van der Waals surface area contributed by atoms with Gasteiger partial charge in [0.1, 0.15) is 11.6 Å². The zero-order valence-corrected chi connectivity index (χ0v) is 7.58. The molecule has 0 N–H and O–H groups in total. The lowest BCUT2D eigenvalue weighted by Crippen LogP contribution is -2.02. The lowest BCUT2D eigenvalue weighted by atomic mass is 10.2. The predicted molar refractivity (Wildman–Crippen MR) is 46.8 cm³/mol. The van der Waals surface area contributed by atoms with Gasteiger partial charge in [-0.05, 0) is 0 Å². The summed E-state index contributed by atoms with van der Waals surface area (Å²) in [6.45, 7) is 1.89. The van der Waals surface area contributed by atoms with Crippen LogP contribution in [0.3, 0.4) is 0 Å². The van der Waals surface area contributed by atoms with E-state index in [1.807, 2.05) is 24.7 Å². The molecular weight excluding hydrogens is 152 g/mol. The monoisotopic (exact) mass is 166 g/mol. The summed E-state index contributed by atoms with van der Waals surface area (Å²) in [6, 6.07) is 0. The van der Waals surface area contributed by atoms with Crippen LogP contribution in [0.5, 0.6) is 0 Å². The van der Waals surface area contributed by atoms with Crippen LogP contribution in [-0.2, 0) is 18.3 Å². The Kier molecular flexibility index (Phi) is 3.02. The van der Waals surface area contributed by atoms with E-state index in [0.29, 0.717) is 18.6 Å². The number of imidazole rings is 1. The highest BCUT2D eigenvalue weighted by molar-refractivity contribution is 5.78. The van der Waals surface area contributed by atoms with Gasteiger partial charge in [-0.2, -0.15) is 0 Å². The molecule has 1 aromatic rings. The van der Waals surface area contributed by atoms with Crippen molar-refractivity contribution in [3.05, 3.63) is 18.2 Å². The van der Waals surface area contributed by atoms with Crippen molar-refractivity contribution in [3.63, 3.8) is 0 Å². The Bertz CT molecular complexity index is 265. The summed E-state index contributed by atoms with van der Waals surface area (Å²) >= 11 is 0. The minimum atomic E-state index is 0.304. The third-order valence-corrected chi connectivity index (χ3v) is 1.94. The first-order valence-electron chi connectivity index (χ1n) is 4.22. The Morgan fingerprint density at radius 2 is 2.42 bits per heavy atom.